The summed E-state index contributed by atoms with van der Waals surface area (Å²) in [6.07, 6.45) is 0. The second kappa shape index (κ2) is 3.53. The molecule has 0 aromatic rings. The molecule has 0 aliphatic rings. The second-order valence-electron chi connectivity index (χ2n) is 0.383. The maximum absolute atomic E-state index is 9.89. The zero-order valence-electron chi connectivity index (χ0n) is 2.96. The Morgan fingerprint density at radius 1 is 0.833 bits per heavy atom. The molecule has 0 bridgehead atoms. The molecular weight excluding hydrogens is 221 g/mol. The van der Waals surface area contributed by atoms with Gasteiger partial charge in [-0.2, -0.15) is 0 Å². The van der Waals surface area contributed by atoms with Gasteiger partial charge in [0.05, 0.1) is 0 Å². The van der Waals surface area contributed by atoms with Gasteiger partial charge in [-0.05, 0) is 0 Å². The first-order valence-corrected chi connectivity index (χ1v) is 4.54. The predicted molar refractivity (Wildman–Crippen MR) is 15.9 cm³/mol. The van der Waals surface area contributed by atoms with E-state index in [9.17, 15) is 11.3 Å². The zero-order chi connectivity index (χ0) is 4.50. The monoisotopic (exact) mass is 220 g/mol. The third-order valence-corrected chi connectivity index (χ3v) is 0. The van der Waals surface area contributed by atoms with E-state index in [4.69, 9.17) is 0 Å². The Morgan fingerprint density at radius 2 is 0.833 bits per heavy atom. The van der Waals surface area contributed by atoms with Crippen LogP contribution >= 0.6 is 0 Å². The van der Waals surface area contributed by atoms with Gasteiger partial charge in [-0.25, -0.2) is 0 Å². The van der Waals surface area contributed by atoms with Crippen LogP contribution < -0.4 is 0 Å². The molecule has 6 heteroatoms. The van der Waals surface area contributed by atoms with Crippen molar-refractivity contribution in [2.75, 3.05) is 0 Å². The van der Waals surface area contributed by atoms with Crippen LogP contribution in [0.4, 0.5) is 11.3 Å². The fourth-order valence-electron chi connectivity index (χ4n) is 0. The van der Waals surface area contributed by atoms with E-state index >= 15 is 0 Å². The van der Waals surface area contributed by atoms with Gasteiger partial charge in [-0.3, -0.25) is 0 Å². The minimum Gasteiger partial charge on any atom is 0 e. The predicted octanol–water partition coefficient (Wildman–Crippen LogP) is 0.919. The molecule has 0 heterocycles. The first-order chi connectivity index (χ1) is 2.00. The van der Waals surface area contributed by atoms with E-state index in [1.165, 1.54) is 0 Å². The van der Waals surface area contributed by atoms with E-state index in [1.54, 1.807) is 0 Å². The van der Waals surface area contributed by atoms with E-state index in [1.807, 2.05) is 0 Å². The Labute approximate surface area is 61.4 Å². The summed E-state index contributed by atoms with van der Waals surface area (Å²) in [5, 5.41) is 0. The van der Waals surface area contributed by atoms with Crippen LogP contribution in [-0.4, -0.2) is 50.7 Å². The molecule has 0 unspecified atom stereocenters. The fraction of sp³-hybridized carbons (Fsp3) is 0. The molecule has 0 nitrogen and oxygen atoms in total. The Bertz CT molecular complexity index is 23.0. The van der Waals surface area contributed by atoms with E-state index < -0.39 is 21.1 Å². The number of rotatable bonds is 0. The van der Waals surface area contributed by atoms with Crippen molar-refractivity contribution in [2.24, 2.45) is 0 Å². The smallest absolute Gasteiger partial charge is 0 e. The van der Waals surface area contributed by atoms with Gasteiger partial charge in [0.15, 0.2) is 0 Å². The minimum absolute atomic E-state index is 0. The summed E-state index contributed by atoms with van der Waals surface area (Å²) in [5.41, 5.74) is 0. The summed E-state index contributed by atoms with van der Waals surface area (Å²) < 4.78 is 39.6. The molecule has 34 valence electrons. The van der Waals surface area contributed by atoms with Crippen molar-refractivity contribution in [1.29, 1.82) is 0 Å². The van der Waals surface area contributed by atoms with Gasteiger partial charge >= 0.3 is 32.4 Å². The molecule has 0 atom stereocenters. The molecule has 0 spiro atoms. The molecule has 0 saturated carbocycles. The molecule has 0 N–H and O–H groups in total. The van der Waals surface area contributed by atoms with Gasteiger partial charge in [0.25, 0.3) is 0 Å². The number of halogens is 4. The third-order valence-electron chi connectivity index (χ3n) is 0. The molecular formula is F4NaSb. The number of hydrogen-bond acceptors (Lipinski definition) is 0. The van der Waals surface area contributed by atoms with Crippen molar-refractivity contribution in [1.82, 2.24) is 0 Å². The molecule has 0 saturated heterocycles. The Hall–Kier alpha value is 1.54. The van der Waals surface area contributed by atoms with Crippen molar-refractivity contribution in [2.45, 2.75) is 0 Å². The van der Waals surface area contributed by atoms with Crippen LogP contribution in [0.2, 0.25) is 0 Å². The van der Waals surface area contributed by atoms with Crippen molar-refractivity contribution < 1.29 is 11.3 Å². The maximum Gasteiger partial charge on any atom is 0 e. The third kappa shape index (κ3) is 48.2. The molecule has 0 amide bonds. The standard InChI is InChI=1S/4FH.Na.Sb/h4*1H;;/q;;;;;+4/p-4. The van der Waals surface area contributed by atoms with E-state index in [-0.39, 0.29) is 29.6 Å². The zero-order valence-corrected chi connectivity index (χ0v) is 7.51. The van der Waals surface area contributed by atoms with Crippen LogP contribution in [0.3, 0.4) is 0 Å². The summed E-state index contributed by atoms with van der Waals surface area (Å²) in [5.74, 6) is 0. The largest absolute Gasteiger partial charge is 0 e. The van der Waals surface area contributed by atoms with Crippen LogP contribution in [0.1, 0.15) is 0 Å². The summed E-state index contributed by atoms with van der Waals surface area (Å²) in [7, 11) is 0. The number of hydrogen-bond donors (Lipinski definition) is 0. The summed E-state index contributed by atoms with van der Waals surface area (Å²) >= 11 is -7.10. The van der Waals surface area contributed by atoms with Crippen molar-refractivity contribution in [3.63, 3.8) is 0 Å². The molecule has 2 radical (unpaired) electrons. The van der Waals surface area contributed by atoms with Gasteiger partial charge in [0.1, 0.15) is 0 Å². The summed E-state index contributed by atoms with van der Waals surface area (Å²) in [4.78, 5) is 0. The van der Waals surface area contributed by atoms with Crippen molar-refractivity contribution >= 4 is 50.7 Å². The molecule has 6 heavy (non-hydrogen) atoms. The first kappa shape index (κ1) is 10.5. The van der Waals surface area contributed by atoms with Gasteiger partial charge in [0.2, 0.25) is 0 Å². The maximum atomic E-state index is 9.89. The van der Waals surface area contributed by atoms with E-state index in [0.717, 1.165) is 0 Å². The molecule has 0 aliphatic heterocycles. The first-order valence-electron chi connectivity index (χ1n) is 0.676. The molecule has 0 aliphatic carbocycles. The van der Waals surface area contributed by atoms with Crippen LogP contribution in [-0.2, 0) is 0 Å². The van der Waals surface area contributed by atoms with Crippen LogP contribution in [0.5, 0.6) is 0 Å². The average molecular weight is 221 g/mol. The van der Waals surface area contributed by atoms with Crippen LogP contribution in [0, 0.1) is 0 Å². The second-order valence-corrected chi connectivity index (χ2v) is 2.57. The average Bonchev–Trinajstić information content (AvgIpc) is 0.722. The molecule has 0 aromatic heterocycles. The minimum atomic E-state index is -7.10. The summed E-state index contributed by atoms with van der Waals surface area (Å²) in [6, 6.07) is 0. The molecule has 0 fully saturated rings. The Morgan fingerprint density at radius 3 is 0.833 bits per heavy atom. The van der Waals surface area contributed by atoms with E-state index in [2.05, 4.69) is 0 Å². The van der Waals surface area contributed by atoms with Crippen molar-refractivity contribution in [3.05, 3.63) is 0 Å². The Balaban J connectivity index is 0. The quantitative estimate of drug-likeness (QED) is 0.421. The normalized spacial score (nSPS) is 10.0. The fourth-order valence-corrected chi connectivity index (χ4v) is 0. The van der Waals surface area contributed by atoms with Gasteiger partial charge < -0.3 is 0 Å². The van der Waals surface area contributed by atoms with Gasteiger partial charge in [-0.15, -0.1) is 0 Å². The molecule has 0 aromatic carbocycles. The van der Waals surface area contributed by atoms with E-state index in [0.29, 0.717) is 0 Å². The SMILES string of the molecule is [F][Sb]([F])([F])[F].[Na]. The Kier molecular flexibility index (Phi) is 6.18. The van der Waals surface area contributed by atoms with Crippen molar-refractivity contribution in [3.8, 4) is 0 Å². The topological polar surface area (TPSA) is 0 Å². The van der Waals surface area contributed by atoms with Crippen LogP contribution in [0.25, 0.3) is 0 Å². The van der Waals surface area contributed by atoms with Crippen LogP contribution in [0.15, 0.2) is 0 Å². The van der Waals surface area contributed by atoms with Gasteiger partial charge in [0, 0.05) is 29.6 Å². The van der Waals surface area contributed by atoms with Gasteiger partial charge in [-0.1, -0.05) is 0 Å². The summed E-state index contributed by atoms with van der Waals surface area (Å²) in [6.45, 7) is 0. The molecule has 0 rings (SSSR count).